The molecule has 1 aliphatic rings. The van der Waals surface area contributed by atoms with Crippen molar-refractivity contribution >= 4 is 11.6 Å². The van der Waals surface area contributed by atoms with Crippen molar-refractivity contribution < 1.29 is 4.79 Å². The van der Waals surface area contributed by atoms with Crippen molar-refractivity contribution in [2.24, 2.45) is 5.73 Å². The predicted octanol–water partition coefficient (Wildman–Crippen LogP) is 1.70. The SMILES string of the molecule is NC(=O)c1ccccc1CNCCN1CCN(c2ccccc2)CC1. The Morgan fingerprint density at radius 1 is 0.960 bits per heavy atom. The minimum atomic E-state index is -0.366. The molecule has 132 valence electrons. The summed E-state index contributed by atoms with van der Waals surface area (Å²) in [5.74, 6) is -0.366. The molecule has 0 aliphatic carbocycles. The van der Waals surface area contributed by atoms with Gasteiger partial charge in [-0.2, -0.15) is 0 Å². The number of amides is 1. The van der Waals surface area contributed by atoms with Gasteiger partial charge in [0, 0.05) is 57.1 Å². The number of anilines is 1. The molecular formula is C20H26N4O. The van der Waals surface area contributed by atoms with Gasteiger partial charge < -0.3 is 16.0 Å². The lowest BCUT2D eigenvalue weighted by Crippen LogP contribution is -2.48. The monoisotopic (exact) mass is 338 g/mol. The number of benzene rings is 2. The fraction of sp³-hybridized carbons (Fsp3) is 0.350. The number of rotatable bonds is 7. The van der Waals surface area contributed by atoms with Gasteiger partial charge in [0.25, 0.3) is 0 Å². The van der Waals surface area contributed by atoms with Gasteiger partial charge in [0.05, 0.1) is 0 Å². The van der Waals surface area contributed by atoms with Crippen LogP contribution in [0.3, 0.4) is 0 Å². The van der Waals surface area contributed by atoms with E-state index >= 15 is 0 Å². The number of piperazine rings is 1. The second-order valence-corrected chi connectivity index (χ2v) is 6.36. The van der Waals surface area contributed by atoms with E-state index in [-0.39, 0.29) is 5.91 Å². The largest absolute Gasteiger partial charge is 0.369 e. The second-order valence-electron chi connectivity index (χ2n) is 6.36. The van der Waals surface area contributed by atoms with Crippen LogP contribution in [0.15, 0.2) is 54.6 Å². The van der Waals surface area contributed by atoms with Crippen LogP contribution in [-0.2, 0) is 6.54 Å². The van der Waals surface area contributed by atoms with Gasteiger partial charge in [0.2, 0.25) is 5.91 Å². The quantitative estimate of drug-likeness (QED) is 0.755. The Bertz CT molecular complexity index is 681. The Balaban J connectivity index is 1.39. The molecule has 1 amide bonds. The van der Waals surface area contributed by atoms with E-state index in [0.717, 1.165) is 44.8 Å². The zero-order chi connectivity index (χ0) is 17.5. The maximum absolute atomic E-state index is 11.4. The van der Waals surface area contributed by atoms with Gasteiger partial charge in [-0.15, -0.1) is 0 Å². The van der Waals surface area contributed by atoms with Gasteiger partial charge in [0.15, 0.2) is 0 Å². The lowest BCUT2D eigenvalue weighted by Gasteiger charge is -2.36. The normalized spacial score (nSPS) is 15.3. The Labute approximate surface area is 149 Å². The number of hydrogen-bond acceptors (Lipinski definition) is 4. The molecule has 0 spiro atoms. The standard InChI is InChI=1S/C20H26N4O/c21-20(25)19-9-5-4-6-17(19)16-22-10-11-23-12-14-24(15-13-23)18-7-2-1-3-8-18/h1-9,22H,10-16H2,(H2,21,25). The van der Waals surface area contributed by atoms with Crippen molar-refractivity contribution in [3.8, 4) is 0 Å². The van der Waals surface area contributed by atoms with Crippen LogP contribution >= 0.6 is 0 Å². The number of nitrogens with two attached hydrogens (primary N) is 1. The highest BCUT2D eigenvalue weighted by Gasteiger charge is 2.16. The van der Waals surface area contributed by atoms with Gasteiger partial charge in [0.1, 0.15) is 0 Å². The second kappa shape index (κ2) is 8.65. The molecule has 2 aromatic carbocycles. The van der Waals surface area contributed by atoms with Crippen molar-refractivity contribution in [2.45, 2.75) is 6.54 Å². The summed E-state index contributed by atoms with van der Waals surface area (Å²) in [5.41, 5.74) is 8.29. The molecule has 0 radical (unpaired) electrons. The molecule has 2 aromatic rings. The highest BCUT2D eigenvalue weighted by molar-refractivity contribution is 5.94. The highest BCUT2D eigenvalue weighted by atomic mass is 16.1. The lowest BCUT2D eigenvalue weighted by molar-refractivity contribution is 0.0999. The Morgan fingerprint density at radius 2 is 1.64 bits per heavy atom. The molecule has 0 atom stereocenters. The summed E-state index contributed by atoms with van der Waals surface area (Å²) in [5, 5.41) is 3.42. The number of carbonyl (C=O) groups excluding carboxylic acids is 1. The first kappa shape index (κ1) is 17.5. The van der Waals surface area contributed by atoms with E-state index in [9.17, 15) is 4.79 Å². The third-order valence-corrected chi connectivity index (χ3v) is 4.70. The molecular weight excluding hydrogens is 312 g/mol. The first-order chi connectivity index (χ1) is 12.2. The van der Waals surface area contributed by atoms with E-state index in [2.05, 4.69) is 45.4 Å². The Kier molecular flexibility index (Phi) is 6.04. The van der Waals surface area contributed by atoms with Gasteiger partial charge in [-0.25, -0.2) is 0 Å². The summed E-state index contributed by atoms with van der Waals surface area (Å²) in [6.45, 7) is 6.87. The third-order valence-electron chi connectivity index (χ3n) is 4.70. The molecule has 0 aromatic heterocycles. The Morgan fingerprint density at radius 3 is 2.36 bits per heavy atom. The predicted molar refractivity (Wildman–Crippen MR) is 102 cm³/mol. The molecule has 5 heteroatoms. The topological polar surface area (TPSA) is 61.6 Å². The van der Waals surface area contributed by atoms with Crippen LogP contribution in [0.4, 0.5) is 5.69 Å². The number of primary amides is 1. The summed E-state index contributed by atoms with van der Waals surface area (Å²) in [6, 6.07) is 18.1. The van der Waals surface area contributed by atoms with Crippen LogP contribution in [0.5, 0.6) is 0 Å². The summed E-state index contributed by atoms with van der Waals surface area (Å²) < 4.78 is 0. The van der Waals surface area contributed by atoms with Crippen LogP contribution in [0.1, 0.15) is 15.9 Å². The fourth-order valence-corrected chi connectivity index (χ4v) is 3.24. The molecule has 0 unspecified atom stereocenters. The van der Waals surface area contributed by atoms with Crippen molar-refractivity contribution in [2.75, 3.05) is 44.2 Å². The first-order valence-electron chi connectivity index (χ1n) is 8.85. The number of para-hydroxylation sites is 1. The number of nitrogens with zero attached hydrogens (tertiary/aromatic N) is 2. The summed E-state index contributed by atoms with van der Waals surface area (Å²) in [7, 11) is 0. The van der Waals surface area contributed by atoms with Crippen LogP contribution in [-0.4, -0.2) is 50.1 Å². The third kappa shape index (κ3) is 4.81. The van der Waals surface area contributed by atoms with E-state index in [1.165, 1.54) is 5.69 Å². The minimum absolute atomic E-state index is 0.366. The van der Waals surface area contributed by atoms with E-state index in [1.54, 1.807) is 6.07 Å². The van der Waals surface area contributed by atoms with Crippen molar-refractivity contribution in [3.05, 3.63) is 65.7 Å². The molecule has 1 aliphatic heterocycles. The Hall–Kier alpha value is -2.37. The molecule has 5 nitrogen and oxygen atoms in total. The molecule has 1 saturated heterocycles. The molecule has 1 fully saturated rings. The van der Waals surface area contributed by atoms with Crippen LogP contribution in [0.25, 0.3) is 0 Å². The number of hydrogen-bond donors (Lipinski definition) is 2. The summed E-state index contributed by atoms with van der Waals surface area (Å²) >= 11 is 0. The van der Waals surface area contributed by atoms with E-state index in [1.807, 2.05) is 18.2 Å². The molecule has 0 saturated carbocycles. The average molecular weight is 338 g/mol. The van der Waals surface area contributed by atoms with Gasteiger partial charge in [-0.1, -0.05) is 36.4 Å². The smallest absolute Gasteiger partial charge is 0.249 e. The first-order valence-corrected chi connectivity index (χ1v) is 8.85. The molecule has 3 N–H and O–H groups in total. The molecule has 0 bridgehead atoms. The maximum Gasteiger partial charge on any atom is 0.249 e. The van der Waals surface area contributed by atoms with Crippen LogP contribution < -0.4 is 16.0 Å². The van der Waals surface area contributed by atoms with Crippen LogP contribution in [0, 0.1) is 0 Å². The maximum atomic E-state index is 11.4. The van der Waals surface area contributed by atoms with Crippen molar-refractivity contribution in [1.82, 2.24) is 10.2 Å². The van der Waals surface area contributed by atoms with Gasteiger partial charge >= 0.3 is 0 Å². The molecule has 1 heterocycles. The number of carbonyl (C=O) groups is 1. The minimum Gasteiger partial charge on any atom is -0.369 e. The van der Waals surface area contributed by atoms with Gasteiger partial charge in [-0.05, 0) is 23.8 Å². The van der Waals surface area contributed by atoms with Crippen molar-refractivity contribution in [1.29, 1.82) is 0 Å². The number of nitrogens with one attached hydrogen (secondary N) is 1. The average Bonchev–Trinajstić information content (AvgIpc) is 2.66. The van der Waals surface area contributed by atoms with Crippen molar-refractivity contribution in [3.63, 3.8) is 0 Å². The van der Waals surface area contributed by atoms with Crippen LogP contribution in [0.2, 0.25) is 0 Å². The van der Waals surface area contributed by atoms with Gasteiger partial charge in [-0.3, -0.25) is 9.69 Å². The molecule has 25 heavy (non-hydrogen) atoms. The highest BCUT2D eigenvalue weighted by Crippen LogP contribution is 2.15. The zero-order valence-electron chi connectivity index (χ0n) is 14.5. The molecule has 3 rings (SSSR count). The van der Waals surface area contributed by atoms with E-state index < -0.39 is 0 Å². The van der Waals surface area contributed by atoms with E-state index in [4.69, 9.17) is 5.73 Å². The summed E-state index contributed by atoms with van der Waals surface area (Å²) in [4.78, 5) is 16.3. The van der Waals surface area contributed by atoms with E-state index in [0.29, 0.717) is 12.1 Å². The fourth-order valence-electron chi connectivity index (χ4n) is 3.24. The zero-order valence-corrected chi connectivity index (χ0v) is 14.5. The summed E-state index contributed by atoms with van der Waals surface area (Å²) in [6.07, 6.45) is 0. The lowest BCUT2D eigenvalue weighted by atomic mass is 10.1.